The topological polar surface area (TPSA) is 59.8 Å². The monoisotopic (exact) mass is 344 g/mol. The Balaban J connectivity index is 2.09. The van der Waals surface area contributed by atoms with Crippen LogP contribution in [-0.4, -0.2) is 25.9 Å². The lowest BCUT2D eigenvalue weighted by Crippen LogP contribution is -2.24. The molecule has 1 aromatic carbocycles. The highest BCUT2D eigenvalue weighted by molar-refractivity contribution is 8.00. The first-order chi connectivity index (χ1) is 10.8. The summed E-state index contributed by atoms with van der Waals surface area (Å²) >= 11 is 1.13. The van der Waals surface area contributed by atoms with E-state index in [1.807, 2.05) is 13.8 Å². The molecule has 1 N–H and O–H groups in total. The molecule has 0 saturated heterocycles. The number of rotatable bonds is 5. The van der Waals surface area contributed by atoms with Crippen molar-refractivity contribution in [2.45, 2.75) is 37.2 Å². The fraction of sp³-hybridized carbons (Fsp3) is 0.357. The van der Waals surface area contributed by atoms with E-state index < -0.39 is 34.3 Å². The molecule has 1 atom stereocenters. The molecule has 1 heterocycles. The fourth-order valence-electron chi connectivity index (χ4n) is 1.74. The van der Waals surface area contributed by atoms with Gasteiger partial charge in [0.25, 0.3) is 0 Å². The smallest absolute Gasteiger partial charge is 0.237 e. The van der Waals surface area contributed by atoms with E-state index >= 15 is 0 Å². The van der Waals surface area contributed by atoms with E-state index in [0.29, 0.717) is 5.16 Å². The highest BCUT2D eigenvalue weighted by atomic mass is 32.2. The Morgan fingerprint density at radius 1 is 1.22 bits per heavy atom. The van der Waals surface area contributed by atoms with Crippen molar-refractivity contribution in [3.63, 3.8) is 0 Å². The molecule has 2 aromatic rings. The molecule has 124 valence electrons. The molecule has 0 fully saturated rings. The molecular formula is C14H15F3N4OS. The van der Waals surface area contributed by atoms with Crippen LogP contribution >= 0.6 is 11.8 Å². The number of carbonyl (C=O) groups excluding carboxylic acids is 1. The Morgan fingerprint density at radius 2 is 1.91 bits per heavy atom. The summed E-state index contributed by atoms with van der Waals surface area (Å²) in [5, 5.41) is 9.85. The molecule has 0 aliphatic heterocycles. The van der Waals surface area contributed by atoms with E-state index in [1.165, 1.54) is 0 Å². The predicted octanol–water partition coefficient (Wildman–Crippen LogP) is 3.40. The van der Waals surface area contributed by atoms with Gasteiger partial charge in [-0.2, -0.15) is 0 Å². The van der Waals surface area contributed by atoms with E-state index in [0.717, 1.165) is 23.9 Å². The number of thioether (sulfide) groups is 1. The van der Waals surface area contributed by atoms with Crippen LogP contribution < -0.4 is 5.32 Å². The zero-order chi connectivity index (χ0) is 17.1. The van der Waals surface area contributed by atoms with Crippen molar-refractivity contribution < 1.29 is 18.0 Å². The molecule has 0 saturated carbocycles. The minimum Gasteiger partial charge on any atom is -0.323 e. The summed E-state index contributed by atoms with van der Waals surface area (Å²) in [6, 6.07) is 1.84. The molecule has 1 aromatic heterocycles. The Morgan fingerprint density at radius 3 is 2.57 bits per heavy atom. The molecule has 0 spiro atoms. The van der Waals surface area contributed by atoms with Gasteiger partial charge >= 0.3 is 0 Å². The Hall–Kier alpha value is -2.03. The van der Waals surface area contributed by atoms with E-state index in [-0.39, 0.29) is 6.04 Å². The quantitative estimate of drug-likeness (QED) is 0.667. The summed E-state index contributed by atoms with van der Waals surface area (Å²) in [6.07, 6.45) is 1.55. The Kier molecular flexibility index (Phi) is 5.30. The second kappa shape index (κ2) is 7.03. The first-order valence-corrected chi connectivity index (χ1v) is 7.69. The van der Waals surface area contributed by atoms with Gasteiger partial charge in [0.05, 0.1) is 10.9 Å². The van der Waals surface area contributed by atoms with Gasteiger partial charge in [0.1, 0.15) is 6.33 Å². The van der Waals surface area contributed by atoms with Crippen molar-refractivity contribution in [3.05, 3.63) is 35.9 Å². The maximum atomic E-state index is 13.6. The van der Waals surface area contributed by atoms with Gasteiger partial charge in [0, 0.05) is 6.04 Å². The van der Waals surface area contributed by atoms with Gasteiger partial charge in [-0.25, -0.2) is 13.2 Å². The van der Waals surface area contributed by atoms with E-state index in [1.54, 1.807) is 17.8 Å². The van der Waals surface area contributed by atoms with Crippen molar-refractivity contribution in [1.29, 1.82) is 0 Å². The van der Waals surface area contributed by atoms with Gasteiger partial charge in [-0.3, -0.25) is 4.79 Å². The molecule has 5 nitrogen and oxygen atoms in total. The third kappa shape index (κ3) is 3.84. The number of hydrogen-bond donors (Lipinski definition) is 1. The average molecular weight is 344 g/mol. The fourth-order valence-corrected chi connectivity index (χ4v) is 2.70. The van der Waals surface area contributed by atoms with Crippen molar-refractivity contribution in [2.75, 3.05) is 5.32 Å². The van der Waals surface area contributed by atoms with Crippen LogP contribution in [0.1, 0.15) is 26.8 Å². The Bertz CT molecular complexity index is 720. The maximum Gasteiger partial charge on any atom is 0.237 e. The highest BCUT2D eigenvalue weighted by Gasteiger charge is 2.21. The lowest BCUT2D eigenvalue weighted by atomic mass is 10.2. The van der Waals surface area contributed by atoms with Crippen molar-refractivity contribution >= 4 is 23.4 Å². The number of halogens is 3. The predicted molar refractivity (Wildman–Crippen MR) is 80.7 cm³/mol. The van der Waals surface area contributed by atoms with Crippen LogP contribution in [0.15, 0.2) is 23.6 Å². The van der Waals surface area contributed by atoms with E-state index in [2.05, 4.69) is 15.5 Å². The van der Waals surface area contributed by atoms with Gasteiger partial charge < -0.3 is 9.88 Å². The molecule has 0 unspecified atom stereocenters. The number of benzene rings is 1. The van der Waals surface area contributed by atoms with Crippen LogP contribution in [0.5, 0.6) is 0 Å². The normalized spacial score (nSPS) is 12.5. The standard InChI is InChI=1S/C14H15F3N4OS/c1-7(2)21-6-18-20-14(21)23-8(3)13(22)19-10-5-4-9(15)11(16)12(10)17/h4-8H,1-3H3,(H,19,22)/t8-/m1/s1. The lowest BCUT2D eigenvalue weighted by molar-refractivity contribution is -0.115. The molecule has 1 amide bonds. The molecule has 2 rings (SSSR count). The van der Waals surface area contributed by atoms with Gasteiger partial charge in [0.2, 0.25) is 5.91 Å². The van der Waals surface area contributed by atoms with Crippen molar-refractivity contribution in [2.24, 2.45) is 0 Å². The number of hydrogen-bond acceptors (Lipinski definition) is 4. The maximum absolute atomic E-state index is 13.6. The summed E-state index contributed by atoms with van der Waals surface area (Å²) in [5.74, 6) is -4.92. The zero-order valence-corrected chi connectivity index (χ0v) is 13.5. The molecule has 9 heteroatoms. The summed E-state index contributed by atoms with van der Waals surface area (Å²) in [6.45, 7) is 5.47. The molecule has 0 bridgehead atoms. The van der Waals surface area contributed by atoms with Crippen LogP contribution in [0.2, 0.25) is 0 Å². The van der Waals surface area contributed by atoms with Gasteiger partial charge in [-0.15, -0.1) is 10.2 Å². The summed E-state index contributed by atoms with van der Waals surface area (Å²) in [7, 11) is 0. The minimum atomic E-state index is -1.62. The summed E-state index contributed by atoms with van der Waals surface area (Å²) in [4.78, 5) is 12.1. The number of aromatic nitrogens is 3. The first kappa shape index (κ1) is 17.3. The zero-order valence-electron chi connectivity index (χ0n) is 12.7. The molecule has 0 radical (unpaired) electrons. The number of nitrogens with one attached hydrogen (secondary N) is 1. The van der Waals surface area contributed by atoms with Crippen molar-refractivity contribution in [1.82, 2.24) is 14.8 Å². The van der Waals surface area contributed by atoms with Gasteiger partial charge in [-0.1, -0.05) is 11.8 Å². The average Bonchev–Trinajstić information content (AvgIpc) is 2.96. The lowest BCUT2D eigenvalue weighted by Gasteiger charge is -2.14. The van der Waals surface area contributed by atoms with Gasteiger partial charge in [-0.05, 0) is 32.9 Å². The SMILES string of the molecule is CC(C)n1cnnc1S[C@H](C)C(=O)Nc1ccc(F)c(F)c1F. The summed E-state index contributed by atoms with van der Waals surface area (Å²) < 4.78 is 41.4. The third-order valence-corrected chi connectivity index (χ3v) is 4.11. The minimum absolute atomic E-state index is 0.117. The highest BCUT2D eigenvalue weighted by Crippen LogP contribution is 2.25. The second-order valence-electron chi connectivity index (χ2n) is 5.09. The van der Waals surface area contributed by atoms with E-state index in [4.69, 9.17) is 0 Å². The number of anilines is 1. The number of amides is 1. The molecule has 0 aliphatic rings. The van der Waals surface area contributed by atoms with Gasteiger partial charge in [0.15, 0.2) is 22.6 Å². The van der Waals surface area contributed by atoms with Crippen LogP contribution in [0.4, 0.5) is 18.9 Å². The number of nitrogens with zero attached hydrogens (tertiary/aromatic N) is 3. The molecule has 23 heavy (non-hydrogen) atoms. The van der Waals surface area contributed by atoms with Crippen LogP contribution in [0, 0.1) is 17.5 Å². The molecule has 0 aliphatic carbocycles. The third-order valence-electron chi connectivity index (χ3n) is 3.04. The summed E-state index contributed by atoms with van der Waals surface area (Å²) in [5.41, 5.74) is -0.410. The van der Waals surface area contributed by atoms with Crippen LogP contribution in [-0.2, 0) is 4.79 Å². The van der Waals surface area contributed by atoms with E-state index in [9.17, 15) is 18.0 Å². The molecular weight excluding hydrogens is 329 g/mol. The van der Waals surface area contributed by atoms with Crippen LogP contribution in [0.3, 0.4) is 0 Å². The largest absolute Gasteiger partial charge is 0.323 e. The second-order valence-corrected chi connectivity index (χ2v) is 6.39. The van der Waals surface area contributed by atoms with Crippen molar-refractivity contribution in [3.8, 4) is 0 Å². The van der Waals surface area contributed by atoms with Crippen LogP contribution in [0.25, 0.3) is 0 Å². The number of carbonyl (C=O) groups is 1. The Labute approximate surface area is 135 Å². The first-order valence-electron chi connectivity index (χ1n) is 6.81.